The first kappa shape index (κ1) is 9.19. The predicted octanol–water partition coefficient (Wildman–Crippen LogP) is 1.60. The van der Waals surface area contributed by atoms with E-state index in [0.717, 1.165) is 5.56 Å². The van der Waals surface area contributed by atoms with Gasteiger partial charge in [-0.25, -0.2) is 10.1 Å². The summed E-state index contributed by atoms with van der Waals surface area (Å²) in [5.41, 5.74) is 0.930. The van der Waals surface area contributed by atoms with Crippen molar-refractivity contribution in [3.63, 3.8) is 0 Å². The lowest BCUT2D eigenvalue weighted by Gasteiger charge is -2.15. The lowest BCUT2D eigenvalue weighted by Crippen LogP contribution is -2.17. The first-order valence-corrected chi connectivity index (χ1v) is 3.79. The van der Waals surface area contributed by atoms with Gasteiger partial charge in [-0.15, -0.1) is 0 Å². The number of aliphatic hydroxyl groups is 1. The maximum Gasteiger partial charge on any atom is 0.195 e. The first-order valence-electron chi connectivity index (χ1n) is 3.79. The van der Waals surface area contributed by atoms with Crippen LogP contribution in [-0.2, 0) is 4.89 Å². The Morgan fingerprint density at radius 2 is 1.83 bits per heavy atom. The van der Waals surface area contributed by atoms with E-state index < -0.39 is 6.29 Å². The molecule has 0 radical (unpaired) electrons. The van der Waals surface area contributed by atoms with Crippen molar-refractivity contribution < 1.29 is 15.3 Å². The summed E-state index contributed by atoms with van der Waals surface area (Å²) < 4.78 is 0. The summed E-state index contributed by atoms with van der Waals surface area (Å²) in [6, 6.07) is 9.37. The Kier molecular flexibility index (Phi) is 3.22. The zero-order chi connectivity index (χ0) is 8.97. The molecule has 0 aromatic heterocycles. The SMILES string of the molecule is CC(c1ccccc1)C(O)OO. The third-order valence-corrected chi connectivity index (χ3v) is 1.86. The Balaban J connectivity index is 2.71. The fraction of sp³-hybridized carbons (Fsp3) is 0.333. The quantitative estimate of drug-likeness (QED) is 0.409. The topological polar surface area (TPSA) is 49.7 Å². The summed E-state index contributed by atoms with van der Waals surface area (Å²) in [5.74, 6) is -0.226. The molecule has 1 aromatic rings. The highest BCUT2D eigenvalue weighted by Crippen LogP contribution is 2.18. The van der Waals surface area contributed by atoms with Gasteiger partial charge >= 0.3 is 0 Å². The molecule has 0 fully saturated rings. The molecule has 0 bridgehead atoms. The number of aliphatic hydroxyl groups excluding tert-OH is 1. The van der Waals surface area contributed by atoms with E-state index in [1.54, 1.807) is 6.92 Å². The Morgan fingerprint density at radius 1 is 1.25 bits per heavy atom. The van der Waals surface area contributed by atoms with Crippen LogP contribution in [0.2, 0.25) is 0 Å². The molecule has 1 aromatic carbocycles. The average Bonchev–Trinajstić information content (AvgIpc) is 2.17. The average molecular weight is 168 g/mol. The number of hydrogen-bond acceptors (Lipinski definition) is 3. The second kappa shape index (κ2) is 4.21. The van der Waals surface area contributed by atoms with Crippen molar-refractivity contribution in [2.75, 3.05) is 0 Å². The highest BCUT2D eigenvalue weighted by Gasteiger charge is 2.15. The standard InChI is InChI=1S/C9H12O3/c1-7(9(10)12-11)8-5-3-2-4-6-8/h2-7,9-11H,1H3. The van der Waals surface area contributed by atoms with Crippen LogP contribution < -0.4 is 0 Å². The van der Waals surface area contributed by atoms with Gasteiger partial charge in [0.05, 0.1) is 0 Å². The van der Waals surface area contributed by atoms with Crippen LogP contribution in [0, 0.1) is 0 Å². The van der Waals surface area contributed by atoms with Gasteiger partial charge in [0.1, 0.15) is 0 Å². The van der Waals surface area contributed by atoms with E-state index in [1.807, 2.05) is 30.3 Å². The second-order valence-corrected chi connectivity index (χ2v) is 2.70. The van der Waals surface area contributed by atoms with E-state index in [2.05, 4.69) is 4.89 Å². The summed E-state index contributed by atoms with van der Waals surface area (Å²) in [4.78, 5) is 3.82. The minimum Gasteiger partial charge on any atom is -0.365 e. The smallest absolute Gasteiger partial charge is 0.195 e. The molecule has 0 heterocycles. The lowest BCUT2D eigenvalue weighted by atomic mass is 10.0. The van der Waals surface area contributed by atoms with Crippen molar-refractivity contribution in [2.24, 2.45) is 0 Å². The molecule has 0 saturated carbocycles. The fourth-order valence-corrected chi connectivity index (χ4v) is 1.01. The molecule has 2 N–H and O–H groups in total. The van der Waals surface area contributed by atoms with E-state index in [0.29, 0.717) is 0 Å². The lowest BCUT2D eigenvalue weighted by molar-refractivity contribution is -0.339. The fourth-order valence-electron chi connectivity index (χ4n) is 1.01. The van der Waals surface area contributed by atoms with E-state index in [9.17, 15) is 0 Å². The Bertz CT molecular complexity index is 222. The van der Waals surface area contributed by atoms with Crippen molar-refractivity contribution in [2.45, 2.75) is 19.1 Å². The molecule has 0 aliphatic rings. The molecule has 0 aliphatic carbocycles. The van der Waals surface area contributed by atoms with Crippen molar-refractivity contribution in [1.82, 2.24) is 0 Å². The first-order chi connectivity index (χ1) is 5.75. The summed E-state index contributed by atoms with van der Waals surface area (Å²) in [6.07, 6.45) is -1.16. The monoisotopic (exact) mass is 168 g/mol. The van der Waals surface area contributed by atoms with Crippen LogP contribution in [-0.4, -0.2) is 16.7 Å². The van der Waals surface area contributed by atoms with Crippen LogP contribution in [0.3, 0.4) is 0 Å². The number of hydrogen-bond donors (Lipinski definition) is 2. The molecule has 0 amide bonds. The van der Waals surface area contributed by atoms with Crippen LogP contribution in [0.15, 0.2) is 30.3 Å². The van der Waals surface area contributed by atoms with Gasteiger partial charge in [-0.2, -0.15) is 0 Å². The molecular weight excluding hydrogens is 156 g/mol. The molecule has 0 saturated heterocycles. The van der Waals surface area contributed by atoms with Gasteiger partial charge in [0.15, 0.2) is 6.29 Å². The minimum atomic E-state index is -1.16. The summed E-state index contributed by atoms with van der Waals surface area (Å²) >= 11 is 0. The predicted molar refractivity (Wildman–Crippen MR) is 44.6 cm³/mol. The van der Waals surface area contributed by atoms with E-state index >= 15 is 0 Å². The Morgan fingerprint density at radius 3 is 2.33 bits per heavy atom. The molecule has 2 unspecified atom stereocenters. The second-order valence-electron chi connectivity index (χ2n) is 2.70. The van der Waals surface area contributed by atoms with Crippen LogP contribution in [0.4, 0.5) is 0 Å². The molecule has 2 atom stereocenters. The molecule has 3 heteroatoms. The highest BCUT2D eigenvalue weighted by atomic mass is 17.1. The van der Waals surface area contributed by atoms with Gasteiger partial charge in [-0.1, -0.05) is 37.3 Å². The highest BCUT2D eigenvalue weighted by molar-refractivity contribution is 5.19. The molecule has 66 valence electrons. The largest absolute Gasteiger partial charge is 0.365 e. The Labute approximate surface area is 71.2 Å². The number of rotatable bonds is 3. The van der Waals surface area contributed by atoms with Crippen molar-refractivity contribution >= 4 is 0 Å². The summed E-state index contributed by atoms with van der Waals surface area (Å²) in [7, 11) is 0. The van der Waals surface area contributed by atoms with E-state index in [1.165, 1.54) is 0 Å². The van der Waals surface area contributed by atoms with Gasteiger partial charge in [0.25, 0.3) is 0 Å². The minimum absolute atomic E-state index is 0.226. The van der Waals surface area contributed by atoms with Crippen molar-refractivity contribution in [3.05, 3.63) is 35.9 Å². The van der Waals surface area contributed by atoms with Crippen LogP contribution in [0.5, 0.6) is 0 Å². The van der Waals surface area contributed by atoms with Crippen LogP contribution in [0.25, 0.3) is 0 Å². The van der Waals surface area contributed by atoms with Gasteiger partial charge in [0.2, 0.25) is 0 Å². The van der Waals surface area contributed by atoms with Gasteiger partial charge in [-0.05, 0) is 5.56 Å². The summed E-state index contributed by atoms with van der Waals surface area (Å²) in [5, 5.41) is 17.3. The molecular formula is C9H12O3. The summed E-state index contributed by atoms with van der Waals surface area (Å²) in [6.45, 7) is 1.77. The zero-order valence-corrected chi connectivity index (χ0v) is 6.84. The molecule has 1 rings (SSSR count). The van der Waals surface area contributed by atoms with Gasteiger partial charge in [0, 0.05) is 5.92 Å². The molecule has 3 nitrogen and oxygen atoms in total. The number of benzene rings is 1. The maximum absolute atomic E-state index is 9.11. The molecule has 0 aliphatic heterocycles. The molecule has 12 heavy (non-hydrogen) atoms. The van der Waals surface area contributed by atoms with Crippen LogP contribution >= 0.6 is 0 Å². The van der Waals surface area contributed by atoms with Crippen molar-refractivity contribution in [1.29, 1.82) is 0 Å². The zero-order valence-electron chi connectivity index (χ0n) is 6.84. The van der Waals surface area contributed by atoms with Crippen LogP contribution in [0.1, 0.15) is 18.4 Å². The third kappa shape index (κ3) is 2.04. The van der Waals surface area contributed by atoms with Gasteiger partial charge < -0.3 is 5.11 Å². The third-order valence-electron chi connectivity index (χ3n) is 1.86. The maximum atomic E-state index is 9.11. The molecule has 0 spiro atoms. The van der Waals surface area contributed by atoms with E-state index in [-0.39, 0.29) is 5.92 Å². The Hall–Kier alpha value is -0.900. The van der Waals surface area contributed by atoms with E-state index in [4.69, 9.17) is 10.4 Å². The van der Waals surface area contributed by atoms with Gasteiger partial charge in [-0.3, -0.25) is 0 Å². The normalized spacial score (nSPS) is 15.6. The van der Waals surface area contributed by atoms with Crippen molar-refractivity contribution in [3.8, 4) is 0 Å².